The maximum absolute atomic E-state index is 12.3. The van der Waals surface area contributed by atoms with E-state index in [4.69, 9.17) is 21.1 Å². The van der Waals surface area contributed by atoms with Crippen LogP contribution in [0, 0.1) is 0 Å². The summed E-state index contributed by atoms with van der Waals surface area (Å²) in [7, 11) is 1.80. The molecular weight excluding hydrogens is 423 g/mol. The summed E-state index contributed by atoms with van der Waals surface area (Å²) in [5.74, 6) is 0.380. The highest BCUT2D eigenvalue weighted by molar-refractivity contribution is 6.30. The average Bonchev–Trinajstić information content (AvgIpc) is 2.68. The van der Waals surface area contributed by atoms with Crippen molar-refractivity contribution in [3.63, 3.8) is 0 Å². The molecule has 0 bridgehead atoms. The number of nitrogens with one attached hydrogen (secondary N) is 1. The molecule has 30 heavy (non-hydrogen) atoms. The van der Waals surface area contributed by atoms with Crippen molar-refractivity contribution in [1.82, 2.24) is 10.2 Å². The topological polar surface area (TPSA) is 55.3 Å². The highest BCUT2D eigenvalue weighted by Gasteiger charge is 2.31. The van der Waals surface area contributed by atoms with Gasteiger partial charge in [0.2, 0.25) is 0 Å². The molecule has 0 atom stereocenters. The van der Waals surface area contributed by atoms with E-state index in [1.54, 1.807) is 24.1 Å². The van der Waals surface area contributed by atoms with E-state index in [9.17, 15) is 13.2 Å². The monoisotopic (exact) mass is 441 g/mol. The molecule has 6 nitrogen and oxygen atoms in total. The fourth-order valence-electron chi connectivity index (χ4n) is 2.64. The van der Waals surface area contributed by atoms with Gasteiger partial charge in [0.25, 0.3) is 0 Å². The molecule has 0 spiro atoms. The molecule has 0 aliphatic carbocycles. The number of benzene rings is 2. The minimum absolute atomic E-state index is 0.159. The Morgan fingerprint density at radius 3 is 2.67 bits per heavy atom. The number of rotatable bonds is 7. The largest absolute Gasteiger partial charge is 0.573 e. The zero-order chi connectivity index (χ0) is 21.6. The molecule has 1 heterocycles. The van der Waals surface area contributed by atoms with E-state index in [0.29, 0.717) is 30.7 Å². The van der Waals surface area contributed by atoms with Crippen molar-refractivity contribution in [2.75, 3.05) is 20.4 Å². The Morgan fingerprint density at radius 2 is 1.93 bits per heavy atom. The summed E-state index contributed by atoms with van der Waals surface area (Å²) in [6.07, 6.45) is -3.61. The van der Waals surface area contributed by atoms with Crippen LogP contribution in [0.5, 0.6) is 11.5 Å². The molecule has 0 amide bonds. The maximum atomic E-state index is 12.3. The van der Waals surface area contributed by atoms with Gasteiger partial charge in [-0.1, -0.05) is 29.8 Å². The normalized spacial score (nSPS) is 14.9. The Hall–Kier alpha value is -2.91. The zero-order valence-electron chi connectivity index (χ0n) is 15.9. The summed E-state index contributed by atoms with van der Waals surface area (Å²) < 4.78 is 51.8. The predicted molar refractivity (Wildman–Crippen MR) is 106 cm³/mol. The predicted octanol–water partition coefficient (Wildman–Crippen LogP) is 4.52. The number of halogens is 4. The van der Waals surface area contributed by atoms with Gasteiger partial charge in [-0.2, -0.15) is 0 Å². The summed E-state index contributed by atoms with van der Waals surface area (Å²) in [6, 6.07) is 12.6. The first-order valence-electron chi connectivity index (χ1n) is 8.85. The van der Waals surface area contributed by atoms with Crippen LogP contribution in [0.15, 0.2) is 65.0 Å². The molecule has 2 aromatic carbocycles. The van der Waals surface area contributed by atoms with Crippen molar-refractivity contribution in [2.24, 2.45) is 4.99 Å². The van der Waals surface area contributed by atoms with Crippen molar-refractivity contribution in [2.45, 2.75) is 12.9 Å². The molecule has 3 rings (SSSR count). The summed E-state index contributed by atoms with van der Waals surface area (Å²) >= 11 is 5.90. The van der Waals surface area contributed by atoms with Crippen molar-refractivity contribution in [1.29, 1.82) is 0 Å². The first-order chi connectivity index (χ1) is 14.3. The van der Waals surface area contributed by atoms with E-state index in [1.807, 2.05) is 12.1 Å². The number of aliphatic imine (C=N–C) groups is 1. The summed E-state index contributed by atoms with van der Waals surface area (Å²) in [5, 5.41) is 3.94. The summed E-state index contributed by atoms with van der Waals surface area (Å²) in [5.41, 5.74) is 1.77. The Morgan fingerprint density at radius 1 is 1.20 bits per heavy atom. The zero-order valence-corrected chi connectivity index (χ0v) is 16.7. The van der Waals surface area contributed by atoms with Crippen molar-refractivity contribution in [3.05, 3.63) is 70.6 Å². The van der Waals surface area contributed by atoms with Gasteiger partial charge in [0.1, 0.15) is 18.2 Å². The van der Waals surface area contributed by atoms with Crippen molar-refractivity contribution in [3.8, 4) is 11.5 Å². The van der Waals surface area contributed by atoms with Gasteiger partial charge in [0, 0.05) is 24.7 Å². The second-order valence-corrected chi connectivity index (χ2v) is 6.77. The quantitative estimate of drug-likeness (QED) is 0.505. The van der Waals surface area contributed by atoms with Gasteiger partial charge in [0.15, 0.2) is 12.2 Å². The van der Waals surface area contributed by atoms with Crippen LogP contribution in [-0.4, -0.2) is 38.0 Å². The minimum Gasteiger partial charge on any atom is -0.446 e. The number of nitrogens with zero attached hydrogens (tertiary/aromatic N) is 2. The van der Waals surface area contributed by atoms with E-state index in [2.05, 4.69) is 15.0 Å². The fraction of sp³-hybridized carbons (Fsp3) is 0.250. The third kappa shape index (κ3) is 6.57. The molecule has 0 radical (unpaired) electrons. The molecule has 1 N–H and O–H groups in total. The second kappa shape index (κ2) is 9.73. The van der Waals surface area contributed by atoms with Crippen molar-refractivity contribution < 1.29 is 27.4 Å². The highest BCUT2D eigenvalue weighted by Crippen LogP contribution is 2.26. The van der Waals surface area contributed by atoms with E-state index in [0.717, 1.165) is 23.7 Å². The first-order valence-corrected chi connectivity index (χ1v) is 9.23. The Kier molecular flexibility index (Phi) is 7.07. The molecule has 1 aliphatic heterocycles. The SMILES string of the molecule is CN1COCC(NCc2ccc(Cl)cc2)=C1/N=C/Oc1cccc(OC(F)(F)F)c1. The van der Waals surface area contributed by atoms with Crippen LogP contribution in [0.25, 0.3) is 0 Å². The van der Waals surface area contributed by atoms with Gasteiger partial charge >= 0.3 is 6.36 Å². The first kappa shape index (κ1) is 21.8. The summed E-state index contributed by atoms with van der Waals surface area (Å²) in [4.78, 5) is 6.08. The molecule has 0 fully saturated rings. The van der Waals surface area contributed by atoms with E-state index >= 15 is 0 Å². The highest BCUT2D eigenvalue weighted by atomic mass is 35.5. The van der Waals surface area contributed by atoms with Crippen LogP contribution in [0.4, 0.5) is 13.2 Å². The number of hydrogen-bond donors (Lipinski definition) is 1. The van der Waals surface area contributed by atoms with Gasteiger partial charge in [-0.15, -0.1) is 13.2 Å². The lowest BCUT2D eigenvalue weighted by atomic mass is 10.2. The standard InChI is InChI=1S/C20H19ClF3N3O3/c1-27-13-28-11-18(25-10-14-5-7-15(21)8-6-14)19(27)26-12-29-16-3-2-4-17(9-16)30-20(22,23)24/h2-9,12,25H,10-11,13H2,1H3/b26-12+. The van der Waals surface area contributed by atoms with Crippen LogP contribution in [0.1, 0.15) is 5.56 Å². The van der Waals surface area contributed by atoms with Crippen LogP contribution < -0.4 is 14.8 Å². The Bertz CT molecular complexity index is 918. The second-order valence-electron chi connectivity index (χ2n) is 6.33. The molecule has 0 aromatic heterocycles. The molecular formula is C20H19ClF3N3O3. The molecule has 1 aliphatic rings. The van der Waals surface area contributed by atoms with Gasteiger partial charge in [0.05, 0.1) is 12.3 Å². The van der Waals surface area contributed by atoms with E-state index < -0.39 is 6.36 Å². The fourth-order valence-corrected chi connectivity index (χ4v) is 2.77. The summed E-state index contributed by atoms with van der Waals surface area (Å²) in [6.45, 7) is 1.22. The average molecular weight is 442 g/mol. The van der Waals surface area contributed by atoms with E-state index in [-0.39, 0.29) is 11.5 Å². The van der Waals surface area contributed by atoms with Crippen molar-refractivity contribution >= 4 is 18.0 Å². The van der Waals surface area contributed by atoms with Gasteiger partial charge in [-0.25, -0.2) is 4.99 Å². The van der Waals surface area contributed by atoms with Gasteiger partial charge < -0.3 is 24.4 Å². The molecule has 160 valence electrons. The van der Waals surface area contributed by atoms with E-state index in [1.165, 1.54) is 18.2 Å². The smallest absolute Gasteiger partial charge is 0.446 e. The van der Waals surface area contributed by atoms with Gasteiger partial charge in [-0.05, 0) is 29.8 Å². The lowest BCUT2D eigenvalue weighted by Crippen LogP contribution is -2.33. The molecule has 0 saturated carbocycles. The molecule has 10 heteroatoms. The third-order valence-corrected chi connectivity index (χ3v) is 4.24. The Labute approximate surface area is 176 Å². The lowest BCUT2D eigenvalue weighted by Gasteiger charge is -2.28. The van der Waals surface area contributed by atoms with Crippen LogP contribution >= 0.6 is 11.6 Å². The maximum Gasteiger partial charge on any atom is 0.573 e. The molecule has 0 unspecified atom stereocenters. The molecule has 0 saturated heterocycles. The molecule has 2 aromatic rings. The van der Waals surface area contributed by atoms with Gasteiger partial charge in [-0.3, -0.25) is 0 Å². The van der Waals surface area contributed by atoms with Crippen LogP contribution in [0.2, 0.25) is 5.02 Å². The number of ether oxygens (including phenoxy) is 3. The van der Waals surface area contributed by atoms with Crippen LogP contribution in [0.3, 0.4) is 0 Å². The number of hydrogen-bond acceptors (Lipinski definition) is 6. The lowest BCUT2D eigenvalue weighted by molar-refractivity contribution is -0.274. The van der Waals surface area contributed by atoms with Crippen LogP contribution in [-0.2, 0) is 11.3 Å². The minimum atomic E-state index is -4.77. The third-order valence-electron chi connectivity index (χ3n) is 3.98. The Balaban J connectivity index is 1.67. The number of alkyl halides is 3.